The average Bonchev–Trinajstić information content (AvgIpc) is 2.34. The summed E-state index contributed by atoms with van der Waals surface area (Å²) in [5, 5.41) is 8.08. The zero-order valence-electron chi connectivity index (χ0n) is 11.9. The molecule has 0 radical (unpaired) electrons. The smallest absolute Gasteiger partial charge is 0.122 e. The molecule has 0 saturated heterocycles. The molecule has 0 aliphatic heterocycles. The number of rotatable bonds is 7. The summed E-state index contributed by atoms with van der Waals surface area (Å²) in [6, 6.07) is 5.56. The third-order valence-electron chi connectivity index (χ3n) is 2.91. The maximum Gasteiger partial charge on any atom is 0.122 e. The van der Waals surface area contributed by atoms with Crippen LogP contribution in [0.15, 0.2) is 18.2 Å². The quantitative estimate of drug-likeness (QED) is 0.596. The van der Waals surface area contributed by atoms with Crippen LogP contribution in [0.2, 0.25) is 5.02 Å². The van der Waals surface area contributed by atoms with Crippen molar-refractivity contribution < 1.29 is 0 Å². The molecule has 1 rings (SSSR count). The first kappa shape index (κ1) is 15.8. The van der Waals surface area contributed by atoms with Crippen LogP contribution in [-0.4, -0.2) is 44.5 Å². The van der Waals surface area contributed by atoms with Crippen LogP contribution in [0.25, 0.3) is 0 Å². The van der Waals surface area contributed by atoms with Crippen molar-refractivity contribution in [1.82, 2.24) is 4.90 Å². The van der Waals surface area contributed by atoms with Gasteiger partial charge < -0.3 is 15.5 Å². The highest BCUT2D eigenvalue weighted by atomic mass is 35.5. The molecule has 19 heavy (non-hydrogen) atoms. The molecule has 0 spiro atoms. The van der Waals surface area contributed by atoms with E-state index in [-0.39, 0.29) is 5.84 Å². The number of hydrogen-bond donors (Lipinski definition) is 2. The molecule has 0 heterocycles. The summed E-state index contributed by atoms with van der Waals surface area (Å²) in [6.07, 6.45) is 1.07. The minimum atomic E-state index is 0.0452. The van der Waals surface area contributed by atoms with Crippen LogP contribution < -0.4 is 10.6 Å². The Hall–Kier alpha value is -1.26. The third kappa shape index (κ3) is 4.73. The van der Waals surface area contributed by atoms with E-state index in [2.05, 4.69) is 30.8 Å². The molecule has 1 aromatic rings. The summed E-state index contributed by atoms with van der Waals surface area (Å²) in [5.41, 5.74) is 7.14. The number of likely N-dealkylation sites (N-methyl/N-ethyl adjacent to an activating group) is 1. The molecule has 0 atom stereocenters. The predicted octanol–water partition coefficient (Wildman–Crippen LogP) is 2.40. The Balaban J connectivity index is 2.92. The van der Waals surface area contributed by atoms with Crippen molar-refractivity contribution in [1.29, 1.82) is 5.41 Å². The number of nitrogens with two attached hydrogens (primary N) is 1. The molecule has 1 aromatic carbocycles. The molecular weight excluding hydrogens is 260 g/mol. The van der Waals surface area contributed by atoms with Crippen molar-refractivity contribution in [2.24, 2.45) is 5.73 Å². The van der Waals surface area contributed by atoms with E-state index < -0.39 is 0 Å². The van der Waals surface area contributed by atoms with Gasteiger partial charge in [0.15, 0.2) is 0 Å². The molecule has 0 bridgehead atoms. The molecular formula is C14H23ClN4. The first-order valence-electron chi connectivity index (χ1n) is 6.49. The number of hydrogen-bond acceptors (Lipinski definition) is 3. The largest absolute Gasteiger partial charge is 0.384 e. The highest BCUT2D eigenvalue weighted by Gasteiger charge is 2.11. The molecule has 3 N–H and O–H groups in total. The monoisotopic (exact) mass is 282 g/mol. The maximum atomic E-state index is 7.43. The normalized spacial score (nSPS) is 10.8. The fourth-order valence-corrected chi connectivity index (χ4v) is 2.17. The van der Waals surface area contributed by atoms with Gasteiger partial charge in [-0.25, -0.2) is 0 Å². The molecule has 0 fully saturated rings. The second-order valence-electron chi connectivity index (χ2n) is 4.87. The summed E-state index contributed by atoms with van der Waals surface area (Å²) >= 11 is 6.31. The number of nitrogens with one attached hydrogen (secondary N) is 1. The van der Waals surface area contributed by atoms with E-state index in [1.54, 1.807) is 6.07 Å². The topological polar surface area (TPSA) is 56.4 Å². The molecule has 0 aliphatic carbocycles. The van der Waals surface area contributed by atoms with E-state index in [1.165, 1.54) is 0 Å². The van der Waals surface area contributed by atoms with Gasteiger partial charge in [-0.1, -0.05) is 18.5 Å². The van der Waals surface area contributed by atoms with Crippen molar-refractivity contribution in [3.05, 3.63) is 28.8 Å². The van der Waals surface area contributed by atoms with Gasteiger partial charge in [-0.2, -0.15) is 0 Å². The summed E-state index contributed by atoms with van der Waals surface area (Å²) in [7, 11) is 4.12. The summed E-state index contributed by atoms with van der Waals surface area (Å²) < 4.78 is 0. The summed E-state index contributed by atoms with van der Waals surface area (Å²) in [5.74, 6) is 0.0452. The van der Waals surface area contributed by atoms with Gasteiger partial charge in [0.25, 0.3) is 0 Å². The Bertz CT molecular complexity index is 431. The summed E-state index contributed by atoms with van der Waals surface area (Å²) in [4.78, 5) is 4.42. The second kappa shape index (κ2) is 7.36. The van der Waals surface area contributed by atoms with Crippen molar-refractivity contribution >= 4 is 23.1 Å². The first-order chi connectivity index (χ1) is 8.95. The van der Waals surface area contributed by atoms with Crippen LogP contribution in [0.1, 0.15) is 18.9 Å². The number of anilines is 1. The van der Waals surface area contributed by atoms with Gasteiger partial charge in [0.2, 0.25) is 0 Å². The van der Waals surface area contributed by atoms with Crippen LogP contribution in [0, 0.1) is 5.41 Å². The number of nitrogens with zero attached hydrogens (tertiary/aromatic N) is 2. The number of benzene rings is 1. The molecule has 4 nitrogen and oxygen atoms in total. The van der Waals surface area contributed by atoms with Crippen LogP contribution in [0.4, 0.5) is 5.69 Å². The van der Waals surface area contributed by atoms with Crippen LogP contribution in [0.5, 0.6) is 0 Å². The lowest BCUT2D eigenvalue weighted by molar-refractivity contribution is 0.413. The minimum Gasteiger partial charge on any atom is -0.384 e. The third-order valence-corrected chi connectivity index (χ3v) is 3.21. The molecule has 0 unspecified atom stereocenters. The second-order valence-corrected chi connectivity index (χ2v) is 5.28. The lowest BCUT2D eigenvalue weighted by Gasteiger charge is -2.27. The van der Waals surface area contributed by atoms with Crippen LogP contribution >= 0.6 is 11.6 Å². The fraction of sp³-hybridized carbons (Fsp3) is 0.500. The zero-order valence-corrected chi connectivity index (χ0v) is 12.7. The Morgan fingerprint density at radius 1 is 1.26 bits per heavy atom. The average molecular weight is 283 g/mol. The Morgan fingerprint density at radius 3 is 2.42 bits per heavy atom. The van der Waals surface area contributed by atoms with E-state index >= 15 is 0 Å². The summed E-state index contributed by atoms with van der Waals surface area (Å²) in [6.45, 7) is 5.03. The van der Waals surface area contributed by atoms with E-state index in [1.807, 2.05) is 12.1 Å². The van der Waals surface area contributed by atoms with Gasteiger partial charge in [0, 0.05) is 25.2 Å². The van der Waals surface area contributed by atoms with E-state index in [9.17, 15) is 0 Å². The van der Waals surface area contributed by atoms with E-state index in [0.717, 1.165) is 31.7 Å². The lowest BCUT2D eigenvalue weighted by Crippen LogP contribution is -2.32. The Morgan fingerprint density at radius 2 is 1.95 bits per heavy atom. The lowest BCUT2D eigenvalue weighted by atomic mass is 10.1. The number of halogens is 1. The first-order valence-corrected chi connectivity index (χ1v) is 6.87. The Labute approximate surface area is 120 Å². The van der Waals surface area contributed by atoms with Gasteiger partial charge in [-0.3, -0.25) is 5.41 Å². The fourth-order valence-electron chi connectivity index (χ4n) is 1.87. The van der Waals surface area contributed by atoms with Gasteiger partial charge in [0.1, 0.15) is 5.84 Å². The highest BCUT2D eigenvalue weighted by Crippen LogP contribution is 2.27. The van der Waals surface area contributed by atoms with Crippen molar-refractivity contribution in [3.63, 3.8) is 0 Å². The van der Waals surface area contributed by atoms with Gasteiger partial charge in [-0.05, 0) is 38.7 Å². The molecule has 0 amide bonds. The molecule has 0 aliphatic rings. The standard InChI is InChI=1S/C14H23ClN4/c1-4-7-19(9-8-18(2)3)13-6-5-11(14(16)17)10-12(13)15/h5-6,10H,4,7-9H2,1-3H3,(H3,16,17). The molecule has 0 saturated carbocycles. The zero-order chi connectivity index (χ0) is 14.4. The van der Waals surface area contributed by atoms with Gasteiger partial charge in [-0.15, -0.1) is 0 Å². The predicted molar refractivity (Wildman–Crippen MR) is 83.5 cm³/mol. The van der Waals surface area contributed by atoms with E-state index in [0.29, 0.717) is 10.6 Å². The number of amidine groups is 1. The molecule has 5 heteroatoms. The SMILES string of the molecule is CCCN(CCN(C)C)c1ccc(C(=N)N)cc1Cl. The minimum absolute atomic E-state index is 0.0452. The number of nitrogen functional groups attached to an aromatic ring is 1. The maximum absolute atomic E-state index is 7.43. The van der Waals surface area contributed by atoms with Crippen molar-refractivity contribution in [2.45, 2.75) is 13.3 Å². The van der Waals surface area contributed by atoms with Crippen LogP contribution in [0.3, 0.4) is 0 Å². The molecule has 106 valence electrons. The van der Waals surface area contributed by atoms with Crippen molar-refractivity contribution in [3.8, 4) is 0 Å². The Kier molecular flexibility index (Phi) is 6.12. The van der Waals surface area contributed by atoms with Crippen LogP contribution in [-0.2, 0) is 0 Å². The van der Waals surface area contributed by atoms with E-state index in [4.69, 9.17) is 22.7 Å². The van der Waals surface area contributed by atoms with Gasteiger partial charge in [0.05, 0.1) is 10.7 Å². The highest BCUT2D eigenvalue weighted by molar-refractivity contribution is 6.33. The van der Waals surface area contributed by atoms with Gasteiger partial charge >= 0.3 is 0 Å². The van der Waals surface area contributed by atoms with Crippen molar-refractivity contribution in [2.75, 3.05) is 38.6 Å². The molecule has 0 aromatic heterocycles.